The van der Waals surface area contributed by atoms with Crippen molar-refractivity contribution in [3.63, 3.8) is 0 Å². The van der Waals surface area contributed by atoms with Crippen molar-refractivity contribution >= 4 is 62.4 Å². The topological polar surface area (TPSA) is 32.8 Å². The first-order chi connectivity index (χ1) is 17.0. The predicted octanol–water partition coefficient (Wildman–Crippen LogP) is 6.89. The van der Waals surface area contributed by atoms with Crippen LogP contribution in [0.5, 0.6) is 5.75 Å². The van der Waals surface area contributed by atoms with E-state index in [1.165, 1.54) is 22.5 Å². The third-order valence-electron chi connectivity index (χ3n) is 5.87. The largest absolute Gasteiger partial charge is 0.489 e. The lowest BCUT2D eigenvalue weighted by Gasteiger charge is -2.17. The molecule has 0 radical (unpaired) electrons. The number of thioether (sulfide) groups is 1. The molecule has 1 heterocycles. The lowest BCUT2D eigenvalue weighted by atomic mass is 10.1. The number of benzene rings is 4. The Hall–Kier alpha value is -3.61. The van der Waals surface area contributed by atoms with Crippen LogP contribution in [0.3, 0.4) is 0 Å². The molecule has 1 saturated heterocycles. The zero-order valence-electron chi connectivity index (χ0n) is 19.5. The number of thiocarbonyl (C=S) groups is 1. The first kappa shape index (κ1) is 23.1. The highest BCUT2D eigenvalue weighted by atomic mass is 32.2. The summed E-state index contributed by atoms with van der Waals surface area (Å²) in [5.41, 5.74) is 3.91. The van der Waals surface area contributed by atoms with Crippen molar-refractivity contribution in [2.24, 2.45) is 0 Å². The number of carbonyl (C=O) groups is 1. The normalized spacial score (nSPS) is 14.7. The first-order valence-corrected chi connectivity index (χ1v) is 12.5. The van der Waals surface area contributed by atoms with Crippen LogP contribution < -0.4 is 14.5 Å². The van der Waals surface area contributed by atoms with Gasteiger partial charge < -0.3 is 9.64 Å². The Kier molecular flexibility index (Phi) is 6.57. The summed E-state index contributed by atoms with van der Waals surface area (Å²) in [6.07, 6.45) is 1.88. The average Bonchev–Trinajstić information content (AvgIpc) is 3.16. The molecule has 4 aromatic rings. The molecule has 35 heavy (non-hydrogen) atoms. The zero-order chi connectivity index (χ0) is 24.4. The molecular weight excluding hydrogens is 472 g/mol. The smallest absolute Gasteiger partial charge is 0.270 e. The Balaban J connectivity index is 1.28. The summed E-state index contributed by atoms with van der Waals surface area (Å²) < 4.78 is 6.58. The van der Waals surface area contributed by atoms with Gasteiger partial charge in [-0.2, -0.15) is 0 Å². The van der Waals surface area contributed by atoms with E-state index >= 15 is 0 Å². The molecule has 4 aromatic carbocycles. The molecule has 1 aliphatic rings. The van der Waals surface area contributed by atoms with E-state index in [0.29, 0.717) is 15.8 Å². The molecule has 0 aliphatic carbocycles. The van der Waals surface area contributed by atoms with Gasteiger partial charge in [0.15, 0.2) is 4.32 Å². The van der Waals surface area contributed by atoms with Crippen LogP contribution in [0.1, 0.15) is 11.1 Å². The number of hydrogen-bond acceptors (Lipinski definition) is 5. The second-order valence-corrected chi connectivity index (χ2v) is 10.1. The number of ether oxygens (including phenoxy) is 1. The third-order valence-corrected chi connectivity index (χ3v) is 7.17. The van der Waals surface area contributed by atoms with Gasteiger partial charge in [0, 0.05) is 19.8 Å². The van der Waals surface area contributed by atoms with Crippen LogP contribution in [-0.4, -0.2) is 24.3 Å². The van der Waals surface area contributed by atoms with Crippen molar-refractivity contribution in [2.75, 3.05) is 23.9 Å². The molecule has 0 bridgehead atoms. The summed E-state index contributed by atoms with van der Waals surface area (Å²) in [6.45, 7) is 0.492. The molecule has 1 amide bonds. The summed E-state index contributed by atoms with van der Waals surface area (Å²) >= 11 is 6.83. The predicted molar refractivity (Wildman–Crippen MR) is 151 cm³/mol. The molecule has 0 N–H and O–H groups in total. The van der Waals surface area contributed by atoms with Crippen LogP contribution in [0.4, 0.5) is 11.4 Å². The molecule has 0 spiro atoms. The molecule has 4 nitrogen and oxygen atoms in total. The average molecular weight is 497 g/mol. The van der Waals surface area contributed by atoms with Crippen LogP contribution in [0.15, 0.2) is 95.9 Å². The lowest BCUT2D eigenvalue weighted by molar-refractivity contribution is -0.113. The standard InChI is InChI=1S/C29H24N2O2S2/c1-30(2)23-12-14-24(15-13-23)31-28(32)27(35-29(31)34)18-20-10-16-25(17-11-20)33-19-22-8-5-7-21-6-3-4-9-26(21)22/h3-18H,19H2,1-2H3/b27-18+. The number of hydrogen-bond donors (Lipinski definition) is 0. The Morgan fingerprint density at radius 2 is 1.63 bits per heavy atom. The van der Waals surface area contributed by atoms with E-state index in [1.54, 1.807) is 4.90 Å². The molecule has 0 unspecified atom stereocenters. The van der Waals surface area contributed by atoms with Crippen LogP contribution >= 0.6 is 24.0 Å². The van der Waals surface area contributed by atoms with E-state index in [0.717, 1.165) is 28.3 Å². The fraction of sp³-hybridized carbons (Fsp3) is 0.103. The van der Waals surface area contributed by atoms with Crippen LogP contribution in [0.2, 0.25) is 0 Å². The Labute approximate surface area is 214 Å². The number of amides is 1. The number of fused-ring (bicyclic) bond motifs is 1. The number of nitrogens with zero attached hydrogens (tertiary/aromatic N) is 2. The summed E-state index contributed by atoms with van der Waals surface area (Å²) in [4.78, 5) is 17.3. The van der Waals surface area contributed by atoms with Crippen LogP contribution in [0.25, 0.3) is 16.8 Å². The minimum absolute atomic E-state index is 0.103. The molecule has 1 fully saturated rings. The molecule has 174 valence electrons. The van der Waals surface area contributed by atoms with Crippen molar-refractivity contribution in [3.8, 4) is 5.75 Å². The maximum absolute atomic E-state index is 13.1. The highest BCUT2D eigenvalue weighted by molar-refractivity contribution is 8.27. The van der Waals surface area contributed by atoms with E-state index in [4.69, 9.17) is 17.0 Å². The van der Waals surface area contributed by atoms with E-state index in [-0.39, 0.29) is 5.91 Å². The quantitative estimate of drug-likeness (QED) is 0.214. The van der Waals surface area contributed by atoms with Gasteiger partial charge in [-0.3, -0.25) is 9.69 Å². The fourth-order valence-corrected chi connectivity index (χ4v) is 5.28. The van der Waals surface area contributed by atoms with Crippen molar-refractivity contribution in [1.82, 2.24) is 0 Å². The molecular formula is C29H24N2O2S2. The fourth-order valence-electron chi connectivity index (χ4n) is 3.98. The summed E-state index contributed by atoms with van der Waals surface area (Å²) in [5, 5.41) is 2.40. The molecule has 0 saturated carbocycles. The van der Waals surface area contributed by atoms with E-state index in [2.05, 4.69) is 30.3 Å². The highest BCUT2D eigenvalue weighted by Crippen LogP contribution is 2.36. The van der Waals surface area contributed by atoms with Crippen molar-refractivity contribution in [1.29, 1.82) is 0 Å². The van der Waals surface area contributed by atoms with Gasteiger partial charge >= 0.3 is 0 Å². The molecule has 0 aromatic heterocycles. The maximum atomic E-state index is 13.1. The monoisotopic (exact) mass is 496 g/mol. The van der Waals surface area contributed by atoms with E-state index in [1.807, 2.05) is 85.7 Å². The molecule has 0 atom stereocenters. The minimum Gasteiger partial charge on any atom is -0.489 e. The summed E-state index contributed by atoms with van der Waals surface area (Å²) in [6, 6.07) is 30.1. The Morgan fingerprint density at radius 1 is 0.914 bits per heavy atom. The number of anilines is 2. The zero-order valence-corrected chi connectivity index (χ0v) is 21.1. The van der Waals surface area contributed by atoms with Crippen LogP contribution in [0, 0.1) is 0 Å². The highest BCUT2D eigenvalue weighted by Gasteiger charge is 2.33. The van der Waals surface area contributed by atoms with Gasteiger partial charge in [0.25, 0.3) is 5.91 Å². The second kappa shape index (κ2) is 9.94. The molecule has 5 rings (SSSR count). The summed E-state index contributed by atoms with van der Waals surface area (Å²) in [5.74, 6) is 0.678. The van der Waals surface area contributed by atoms with Gasteiger partial charge in [0.2, 0.25) is 0 Å². The van der Waals surface area contributed by atoms with E-state index < -0.39 is 0 Å². The SMILES string of the molecule is CN(C)c1ccc(N2C(=O)/C(=C\c3ccc(OCc4cccc5ccccc45)cc3)SC2=S)cc1. The number of carbonyl (C=O) groups excluding carboxylic acids is 1. The number of rotatable bonds is 6. The van der Waals surface area contributed by atoms with Gasteiger partial charge in [-0.15, -0.1) is 0 Å². The van der Waals surface area contributed by atoms with Crippen molar-refractivity contribution in [2.45, 2.75) is 6.61 Å². The van der Waals surface area contributed by atoms with Gasteiger partial charge in [0.1, 0.15) is 12.4 Å². The first-order valence-electron chi connectivity index (χ1n) is 11.2. The van der Waals surface area contributed by atoms with Crippen molar-refractivity contribution < 1.29 is 9.53 Å². The molecule has 6 heteroatoms. The van der Waals surface area contributed by atoms with E-state index in [9.17, 15) is 4.79 Å². The third kappa shape index (κ3) is 4.94. The summed E-state index contributed by atoms with van der Waals surface area (Å²) in [7, 11) is 3.97. The Morgan fingerprint density at radius 3 is 2.37 bits per heavy atom. The van der Waals surface area contributed by atoms with Gasteiger partial charge in [-0.1, -0.05) is 78.6 Å². The maximum Gasteiger partial charge on any atom is 0.270 e. The minimum atomic E-state index is -0.103. The van der Waals surface area contributed by atoms with Gasteiger partial charge in [0.05, 0.1) is 10.6 Å². The van der Waals surface area contributed by atoms with Crippen molar-refractivity contribution in [3.05, 3.63) is 107 Å². The van der Waals surface area contributed by atoms with Gasteiger partial charge in [-0.05, 0) is 64.4 Å². The lowest BCUT2D eigenvalue weighted by Crippen LogP contribution is -2.27. The molecule has 1 aliphatic heterocycles. The van der Waals surface area contributed by atoms with Crippen LogP contribution in [-0.2, 0) is 11.4 Å². The van der Waals surface area contributed by atoms with Gasteiger partial charge in [-0.25, -0.2) is 0 Å². The Bertz CT molecular complexity index is 1420. The second-order valence-electron chi connectivity index (χ2n) is 8.42.